The Morgan fingerprint density at radius 1 is 1.00 bits per heavy atom. The van der Waals surface area contributed by atoms with Crippen molar-refractivity contribution in [2.24, 2.45) is 10.8 Å². The molecule has 0 aliphatic carbocycles. The zero-order valence-electron chi connectivity index (χ0n) is 16.7. The van der Waals surface area contributed by atoms with Crippen LogP contribution in [0.5, 0.6) is 5.75 Å². The molecule has 1 aromatic heterocycles. The van der Waals surface area contributed by atoms with Crippen LogP contribution in [0.15, 0.2) is 96.2 Å². The first-order chi connectivity index (χ1) is 15.2. The van der Waals surface area contributed by atoms with E-state index in [4.69, 9.17) is 15.6 Å². The van der Waals surface area contributed by atoms with E-state index in [0.717, 1.165) is 28.1 Å². The van der Waals surface area contributed by atoms with E-state index in [1.165, 1.54) is 6.21 Å². The van der Waals surface area contributed by atoms with Gasteiger partial charge in [-0.05, 0) is 42.0 Å². The number of hydrazone groups is 1. The van der Waals surface area contributed by atoms with Gasteiger partial charge in [-0.15, -0.1) is 0 Å². The lowest BCUT2D eigenvalue weighted by Gasteiger charge is -2.07. The van der Waals surface area contributed by atoms with Gasteiger partial charge in [0.15, 0.2) is 0 Å². The molecule has 0 saturated carbocycles. The molecule has 4 aromatic rings. The van der Waals surface area contributed by atoms with Gasteiger partial charge in [0, 0.05) is 17.3 Å². The SMILES string of the molecule is NC(=O)N/N=C/c1cn(-c2ccccc2)nc1-c1ccc(OCc2ccccc2)cc1. The molecule has 0 atom stereocenters. The zero-order valence-corrected chi connectivity index (χ0v) is 16.7. The molecule has 3 aromatic carbocycles. The van der Waals surface area contributed by atoms with Crippen LogP contribution in [0.2, 0.25) is 0 Å². The monoisotopic (exact) mass is 411 g/mol. The maximum absolute atomic E-state index is 10.9. The normalized spacial score (nSPS) is 10.8. The van der Waals surface area contributed by atoms with E-state index in [2.05, 4.69) is 10.5 Å². The molecule has 0 aliphatic heterocycles. The Hall–Kier alpha value is -4.39. The number of amides is 2. The van der Waals surface area contributed by atoms with E-state index >= 15 is 0 Å². The van der Waals surface area contributed by atoms with Crippen LogP contribution in [0, 0.1) is 0 Å². The molecule has 1 heterocycles. The average Bonchev–Trinajstić information content (AvgIpc) is 3.23. The van der Waals surface area contributed by atoms with Crippen LogP contribution in [0.3, 0.4) is 0 Å². The van der Waals surface area contributed by atoms with Crippen molar-refractivity contribution in [1.29, 1.82) is 0 Å². The molecule has 0 bridgehead atoms. The van der Waals surface area contributed by atoms with E-state index in [0.29, 0.717) is 12.3 Å². The molecule has 31 heavy (non-hydrogen) atoms. The lowest BCUT2D eigenvalue weighted by molar-refractivity contribution is 0.249. The predicted molar refractivity (Wildman–Crippen MR) is 120 cm³/mol. The minimum absolute atomic E-state index is 0.500. The third kappa shape index (κ3) is 5.16. The van der Waals surface area contributed by atoms with Crippen molar-refractivity contribution in [3.8, 4) is 22.7 Å². The van der Waals surface area contributed by atoms with Crippen molar-refractivity contribution in [3.63, 3.8) is 0 Å². The number of carbonyl (C=O) groups is 1. The highest BCUT2D eigenvalue weighted by atomic mass is 16.5. The van der Waals surface area contributed by atoms with E-state index in [9.17, 15) is 4.79 Å². The molecule has 0 aliphatic rings. The largest absolute Gasteiger partial charge is 0.489 e. The summed E-state index contributed by atoms with van der Waals surface area (Å²) in [5, 5.41) is 8.60. The lowest BCUT2D eigenvalue weighted by atomic mass is 10.1. The van der Waals surface area contributed by atoms with E-state index < -0.39 is 6.03 Å². The molecule has 0 radical (unpaired) electrons. The van der Waals surface area contributed by atoms with Gasteiger partial charge >= 0.3 is 6.03 Å². The first-order valence-electron chi connectivity index (χ1n) is 9.70. The number of benzene rings is 3. The number of ether oxygens (including phenoxy) is 1. The summed E-state index contributed by atoms with van der Waals surface area (Å²) in [6, 6.07) is 26.7. The summed E-state index contributed by atoms with van der Waals surface area (Å²) < 4.78 is 7.63. The van der Waals surface area contributed by atoms with Crippen molar-refractivity contribution in [3.05, 3.63) is 102 Å². The number of rotatable bonds is 7. The highest BCUT2D eigenvalue weighted by Crippen LogP contribution is 2.25. The molecule has 7 heteroatoms. The molecule has 7 nitrogen and oxygen atoms in total. The minimum Gasteiger partial charge on any atom is -0.489 e. The van der Waals surface area contributed by atoms with Gasteiger partial charge in [-0.2, -0.15) is 10.2 Å². The van der Waals surface area contributed by atoms with Gasteiger partial charge in [0.2, 0.25) is 0 Å². The number of para-hydroxylation sites is 1. The van der Waals surface area contributed by atoms with Gasteiger partial charge in [-0.25, -0.2) is 14.9 Å². The molecule has 2 amide bonds. The maximum Gasteiger partial charge on any atom is 0.332 e. The number of primary amides is 1. The fourth-order valence-electron chi connectivity index (χ4n) is 3.03. The molecular formula is C24H21N5O2. The second-order valence-corrected chi connectivity index (χ2v) is 6.75. The summed E-state index contributed by atoms with van der Waals surface area (Å²) in [6.07, 6.45) is 3.36. The van der Waals surface area contributed by atoms with E-state index in [1.807, 2.05) is 91.1 Å². The fourth-order valence-corrected chi connectivity index (χ4v) is 3.03. The quantitative estimate of drug-likeness (QED) is 0.354. The fraction of sp³-hybridized carbons (Fsp3) is 0.0417. The van der Waals surface area contributed by atoms with Crippen LogP contribution in [-0.4, -0.2) is 22.0 Å². The number of urea groups is 1. The molecule has 154 valence electrons. The van der Waals surface area contributed by atoms with E-state index in [-0.39, 0.29) is 0 Å². The van der Waals surface area contributed by atoms with Crippen LogP contribution in [0.1, 0.15) is 11.1 Å². The highest BCUT2D eigenvalue weighted by molar-refractivity contribution is 5.89. The van der Waals surface area contributed by atoms with Crippen LogP contribution >= 0.6 is 0 Å². The van der Waals surface area contributed by atoms with Gasteiger partial charge in [-0.1, -0.05) is 48.5 Å². The van der Waals surface area contributed by atoms with Crippen molar-refractivity contribution in [2.75, 3.05) is 0 Å². The Balaban J connectivity index is 1.58. The van der Waals surface area contributed by atoms with Gasteiger partial charge in [0.1, 0.15) is 18.1 Å². The topological polar surface area (TPSA) is 94.5 Å². The Kier molecular flexibility index (Phi) is 6.04. The number of hydrogen-bond acceptors (Lipinski definition) is 4. The molecule has 0 spiro atoms. The summed E-state index contributed by atoms with van der Waals surface area (Å²) in [5.41, 5.74) is 11.7. The van der Waals surface area contributed by atoms with E-state index in [1.54, 1.807) is 4.68 Å². The Morgan fingerprint density at radius 3 is 2.35 bits per heavy atom. The Morgan fingerprint density at radius 2 is 1.68 bits per heavy atom. The van der Waals surface area contributed by atoms with Gasteiger partial charge < -0.3 is 10.5 Å². The molecule has 4 rings (SSSR count). The summed E-state index contributed by atoms with van der Waals surface area (Å²) >= 11 is 0. The first-order valence-corrected chi connectivity index (χ1v) is 9.70. The third-order valence-corrected chi connectivity index (χ3v) is 4.52. The van der Waals surface area contributed by atoms with Gasteiger partial charge in [-0.3, -0.25) is 0 Å². The zero-order chi connectivity index (χ0) is 21.5. The Bertz CT molecular complexity index is 1170. The van der Waals surface area contributed by atoms with Crippen molar-refractivity contribution in [1.82, 2.24) is 15.2 Å². The summed E-state index contributed by atoms with van der Waals surface area (Å²) in [6.45, 7) is 0.500. The summed E-state index contributed by atoms with van der Waals surface area (Å²) in [4.78, 5) is 10.9. The Labute approximate surface area is 179 Å². The van der Waals surface area contributed by atoms with Gasteiger partial charge in [0.25, 0.3) is 0 Å². The van der Waals surface area contributed by atoms with Crippen molar-refractivity contribution >= 4 is 12.2 Å². The number of nitrogens with one attached hydrogen (secondary N) is 1. The van der Waals surface area contributed by atoms with Crippen LogP contribution in [0.4, 0.5) is 4.79 Å². The average molecular weight is 411 g/mol. The number of nitrogens with two attached hydrogens (primary N) is 1. The highest BCUT2D eigenvalue weighted by Gasteiger charge is 2.11. The number of nitrogens with zero attached hydrogens (tertiary/aromatic N) is 3. The minimum atomic E-state index is -0.729. The number of aromatic nitrogens is 2. The predicted octanol–water partition coefficient (Wildman–Crippen LogP) is 4.12. The summed E-state index contributed by atoms with van der Waals surface area (Å²) in [7, 11) is 0. The third-order valence-electron chi connectivity index (χ3n) is 4.52. The molecule has 0 fully saturated rings. The van der Waals surface area contributed by atoms with Crippen LogP contribution < -0.4 is 15.9 Å². The number of carbonyl (C=O) groups excluding carboxylic acids is 1. The summed E-state index contributed by atoms with van der Waals surface area (Å²) in [5.74, 6) is 0.765. The van der Waals surface area contributed by atoms with Gasteiger partial charge in [0.05, 0.1) is 11.9 Å². The smallest absolute Gasteiger partial charge is 0.332 e. The second kappa shape index (κ2) is 9.41. The molecule has 0 saturated heterocycles. The molecular weight excluding hydrogens is 390 g/mol. The second-order valence-electron chi connectivity index (χ2n) is 6.75. The van der Waals surface area contributed by atoms with Crippen molar-refractivity contribution in [2.45, 2.75) is 6.61 Å². The number of hydrogen-bond donors (Lipinski definition) is 2. The molecule has 3 N–H and O–H groups in total. The maximum atomic E-state index is 10.9. The van der Waals surface area contributed by atoms with Crippen LogP contribution in [-0.2, 0) is 6.61 Å². The van der Waals surface area contributed by atoms with Crippen molar-refractivity contribution < 1.29 is 9.53 Å². The lowest BCUT2D eigenvalue weighted by Crippen LogP contribution is -2.24. The molecule has 0 unspecified atom stereocenters. The van der Waals surface area contributed by atoms with Crippen LogP contribution in [0.25, 0.3) is 16.9 Å². The standard InChI is InChI=1S/C24H21N5O2/c25-24(30)27-26-15-20-16-29(21-9-5-2-6-10-21)28-23(20)19-11-13-22(14-12-19)31-17-18-7-3-1-4-8-18/h1-16H,17H2,(H3,25,27,30)/b26-15+. The first kappa shape index (κ1) is 19.9.